The molecule has 5 aliphatic rings. The maximum absolute atomic E-state index is 13.6. The minimum Gasteiger partial charge on any atom is -0.480 e. The van der Waals surface area contributed by atoms with E-state index in [9.17, 15) is 14.7 Å². The van der Waals surface area contributed by atoms with E-state index in [0.29, 0.717) is 31.0 Å². The summed E-state index contributed by atoms with van der Waals surface area (Å²) in [6.45, 7) is 2.08. The summed E-state index contributed by atoms with van der Waals surface area (Å²) in [5, 5.41) is 9.70. The number of amides is 1. The lowest BCUT2D eigenvalue weighted by Crippen LogP contribution is -2.50. The summed E-state index contributed by atoms with van der Waals surface area (Å²) in [4.78, 5) is 32.4. The average molecular weight is 522 g/mol. The zero-order valence-electron chi connectivity index (χ0n) is 23.1. The van der Waals surface area contributed by atoms with E-state index in [0.717, 1.165) is 42.8 Å². The molecule has 6 nitrogen and oxygen atoms in total. The first-order valence-electron chi connectivity index (χ1n) is 15.6. The van der Waals surface area contributed by atoms with Gasteiger partial charge in [-0.3, -0.25) is 9.69 Å². The Labute approximate surface area is 228 Å². The first-order chi connectivity index (χ1) is 18.5. The van der Waals surface area contributed by atoms with Crippen molar-refractivity contribution in [3.63, 3.8) is 0 Å². The van der Waals surface area contributed by atoms with Crippen LogP contribution in [-0.2, 0) is 9.59 Å². The number of hydrogen-bond donors (Lipinski definition) is 1. The lowest BCUT2D eigenvalue weighted by Gasteiger charge is -2.41. The van der Waals surface area contributed by atoms with Gasteiger partial charge < -0.3 is 14.9 Å². The van der Waals surface area contributed by atoms with Crippen molar-refractivity contribution in [1.29, 1.82) is 0 Å². The van der Waals surface area contributed by atoms with Gasteiger partial charge in [0.15, 0.2) is 0 Å². The predicted octanol–water partition coefficient (Wildman–Crippen LogP) is 5.56. The van der Waals surface area contributed by atoms with E-state index in [-0.39, 0.29) is 12.5 Å². The number of rotatable bonds is 6. The summed E-state index contributed by atoms with van der Waals surface area (Å²) in [6.07, 6.45) is 17.5. The summed E-state index contributed by atoms with van der Waals surface area (Å²) >= 11 is 0. The average Bonchev–Trinajstić information content (AvgIpc) is 3.02. The second-order valence-electron chi connectivity index (χ2n) is 13.2. The van der Waals surface area contributed by atoms with Crippen LogP contribution in [-0.4, -0.2) is 70.6 Å². The van der Waals surface area contributed by atoms with E-state index >= 15 is 0 Å². The third kappa shape index (κ3) is 5.61. The van der Waals surface area contributed by atoms with Gasteiger partial charge in [-0.2, -0.15) is 0 Å². The van der Waals surface area contributed by atoms with E-state index < -0.39 is 12.0 Å². The normalized spacial score (nSPS) is 35.8. The van der Waals surface area contributed by atoms with E-state index in [1.54, 1.807) is 4.90 Å². The highest BCUT2D eigenvalue weighted by molar-refractivity contribution is 5.87. The molecule has 5 fully saturated rings. The molecule has 1 amide bonds. The topological polar surface area (TPSA) is 64.1 Å². The molecule has 3 saturated heterocycles. The lowest BCUT2D eigenvalue weighted by molar-refractivity contribution is -0.147. The molecule has 4 bridgehead atoms. The molecule has 0 aromatic heterocycles. The number of benzene rings is 1. The Morgan fingerprint density at radius 3 is 2.24 bits per heavy atom. The first kappa shape index (κ1) is 26.2. The maximum atomic E-state index is 13.6. The summed E-state index contributed by atoms with van der Waals surface area (Å²) in [5.74, 6) is 1.63. The van der Waals surface area contributed by atoms with Crippen LogP contribution >= 0.6 is 0 Å². The number of anilines is 1. The van der Waals surface area contributed by atoms with Crippen LogP contribution in [0.25, 0.3) is 0 Å². The van der Waals surface area contributed by atoms with E-state index in [4.69, 9.17) is 0 Å². The standard InChI is InChI=1S/C32H47N3O3/c36-31(33-16-6-13-30(33)32(37)38)22-35(26-10-2-1-3-11-26)29-19-25-9-5-12-27(20-29)34(21-25)28-17-23-7-4-8-24(18-28)15-14-23/h1-3,10-11,23-25,27-30H,4-9,12-22H2,(H,37,38). The third-order valence-electron chi connectivity index (χ3n) is 10.8. The number of carbonyl (C=O) groups excluding carboxylic acids is 1. The second-order valence-corrected chi connectivity index (χ2v) is 13.2. The maximum Gasteiger partial charge on any atom is 0.326 e. The molecule has 6 heteroatoms. The fraction of sp³-hybridized carbons (Fsp3) is 0.750. The van der Waals surface area contributed by atoms with E-state index in [1.165, 1.54) is 70.8 Å². The van der Waals surface area contributed by atoms with Crippen LogP contribution < -0.4 is 4.90 Å². The van der Waals surface area contributed by atoms with Crippen molar-refractivity contribution in [2.75, 3.05) is 24.5 Å². The third-order valence-corrected chi connectivity index (χ3v) is 10.8. The smallest absolute Gasteiger partial charge is 0.326 e. The Kier molecular flexibility index (Phi) is 7.97. The van der Waals surface area contributed by atoms with Gasteiger partial charge in [-0.15, -0.1) is 0 Å². The van der Waals surface area contributed by atoms with Gasteiger partial charge in [0.25, 0.3) is 0 Å². The Morgan fingerprint density at radius 2 is 1.50 bits per heavy atom. The summed E-state index contributed by atoms with van der Waals surface area (Å²) in [6, 6.07) is 11.4. The Bertz CT molecular complexity index is 956. The second kappa shape index (κ2) is 11.6. The number of carbonyl (C=O) groups is 2. The zero-order valence-corrected chi connectivity index (χ0v) is 23.1. The quantitative estimate of drug-likeness (QED) is 0.531. The van der Waals surface area contributed by atoms with Crippen LogP contribution in [0, 0.1) is 17.8 Å². The van der Waals surface area contributed by atoms with Crippen molar-refractivity contribution < 1.29 is 14.7 Å². The lowest BCUT2D eigenvalue weighted by atomic mass is 9.86. The van der Waals surface area contributed by atoms with Gasteiger partial charge in [-0.1, -0.05) is 56.7 Å². The van der Waals surface area contributed by atoms with Gasteiger partial charge in [0.05, 0.1) is 6.54 Å². The molecule has 6 rings (SSSR count). The molecule has 208 valence electrons. The van der Waals surface area contributed by atoms with Gasteiger partial charge in [0.1, 0.15) is 6.04 Å². The summed E-state index contributed by atoms with van der Waals surface area (Å²) < 4.78 is 0. The molecule has 6 atom stereocenters. The molecule has 1 N–H and O–H groups in total. The predicted molar refractivity (Wildman–Crippen MR) is 150 cm³/mol. The number of hydrogen-bond acceptors (Lipinski definition) is 4. The highest BCUT2D eigenvalue weighted by atomic mass is 16.4. The Morgan fingerprint density at radius 1 is 0.789 bits per heavy atom. The van der Waals surface area contributed by atoms with Crippen LogP contribution in [0.2, 0.25) is 0 Å². The SMILES string of the molecule is O=C(O)C1CCCN1C(=O)CN(c1ccccc1)C1CC2CCCC(C1)N(C1CC3CCCC(CC3)C1)C2. The largest absolute Gasteiger partial charge is 0.480 e. The Balaban J connectivity index is 1.24. The number of carboxylic acids is 1. The zero-order chi connectivity index (χ0) is 26.1. The molecule has 1 aromatic carbocycles. The molecule has 3 heterocycles. The summed E-state index contributed by atoms with van der Waals surface area (Å²) in [5.41, 5.74) is 1.10. The molecule has 2 saturated carbocycles. The van der Waals surface area contributed by atoms with Crippen LogP contribution in [0.1, 0.15) is 89.9 Å². The number of para-hydroxylation sites is 1. The number of likely N-dealkylation sites (tertiary alicyclic amines) is 1. The molecule has 0 spiro atoms. The van der Waals surface area contributed by atoms with Crippen molar-refractivity contribution in [2.45, 2.75) is 114 Å². The Hall–Kier alpha value is -2.08. The number of nitrogens with zero attached hydrogens (tertiary/aromatic N) is 3. The number of carboxylic acid groups (broad SMARTS) is 1. The van der Waals surface area contributed by atoms with Crippen molar-refractivity contribution in [1.82, 2.24) is 9.80 Å². The van der Waals surface area contributed by atoms with Crippen LogP contribution in [0.15, 0.2) is 30.3 Å². The molecule has 1 aromatic rings. The van der Waals surface area contributed by atoms with Gasteiger partial charge in [0, 0.05) is 36.9 Å². The fourth-order valence-corrected chi connectivity index (χ4v) is 8.96. The monoisotopic (exact) mass is 521 g/mol. The fourth-order valence-electron chi connectivity index (χ4n) is 8.96. The van der Waals surface area contributed by atoms with Crippen molar-refractivity contribution in [3.05, 3.63) is 30.3 Å². The highest BCUT2D eigenvalue weighted by Crippen LogP contribution is 2.43. The van der Waals surface area contributed by atoms with E-state index in [1.807, 2.05) is 6.07 Å². The summed E-state index contributed by atoms with van der Waals surface area (Å²) in [7, 11) is 0. The molecule has 2 aliphatic carbocycles. The van der Waals surface area contributed by atoms with Gasteiger partial charge in [-0.25, -0.2) is 4.79 Å². The number of aliphatic carboxylic acids is 1. The van der Waals surface area contributed by atoms with Gasteiger partial charge >= 0.3 is 5.97 Å². The van der Waals surface area contributed by atoms with Crippen LogP contribution in [0.4, 0.5) is 5.69 Å². The molecule has 3 aliphatic heterocycles. The molecular formula is C32H47N3O3. The van der Waals surface area contributed by atoms with Crippen molar-refractivity contribution in [3.8, 4) is 0 Å². The van der Waals surface area contributed by atoms with E-state index in [2.05, 4.69) is 34.1 Å². The van der Waals surface area contributed by atoms with Crippen LogP contribution in [0.3, 0.4) is 0 Å². The molecular weight excluding hydrogens is 474 g/mol. The first-order valence-corrected chi connectivity index (χ1v) is 15.6. The van der Waals surface area contributed by atoms with Crippen LogP contribution in [0.5, 0.6) is 0 Å². The molecule has 38 heavy (non-hydrogen) atoms. The minimum absolute atomic E-state index is 0.0263. The van der Waals surface area contributed by atoms with Gasteiger partial charge in [-0.05, 0) is 81.3 Å². The van der Waals surface area contributed by atoms with Crippen molar-refractivity contribution in [2.24, 2.45) is 17.8 Å². The van der Waals surface area contributed by atoms with Crippen molar-refractivity contribution >= 4 is 17.6 Å². The molecule has 6 unspecified atom stereocenters. The molecule has 0 radical (unpaired) electrons. The minimum atomic E-state index is -0.866. The number of fused-ring (bicyclic) bond motifs is 6. The van der Waals surface area contributed by atoms with Gasteiger partial charge in [0.2, 0.25) is 5.91 Å². The highest BCUT2D eigenvalue weighted by Gasteiger charge is 2.42.